The Labute approximate surface area is 169 Å². The average molecular weight is 397 g/mol. The van der Waals surface area contributed by atoms with Crippen molar-refractivity contribution in [3.05, 3.63) is 64.7 Å². The largest absolute Gasteiger partial charge is 0.493 e. The van der Waals surface area contributed by atoms with Crippen LogP contribution in [-0.4, -0.2) is 25.1 Å². The van der Waals surface area contributed by atoms with Crippen molar-refractivity contribution in [2.75, 3.05) is 14.2 Å². The van der Waals surface area contributed by atoms with Gasteiger partial charge in [0.25, 0.3) is 0 Å². The number of aromatic nitrogens is 1. The van der Waals surface area contributed by atoms with Crippen LogP contribution in [0.15, 0.2) is 47.8 Å². The highest BCUT2D eigenvalue weighted by molar-refractivity contribution is 7.13. The Bertz CT molecular complexity index is 968. The molecule has 3 aromatic rings. The summed E-state index contributed by atoms with van der Waals surface area (Å²) in [6, 6.07) is 13.7. The normalized spacial score (nSPS) is 11.7. The molecule has 0 aliphatic heterocycles. The van der Waals surface area contributed by atoms with Crippen LogP contribution < -0.4 is 14.8 Å². The molecule has 146 valence electrons. The van der Waals surface area contributed by atoms with Crippen LogP contribution in [0.4, 0.5) is 0 Å². The van der Waals surface area contributed by atoms with Crippen molar-refractivity contribution in [1.82, 2.24) is 10.3 Å². The zero-order valence-electron chi connectivity index (χ0n) is 16.5. The first-order chi connectivity index (χ1) is 13.5. The SMILES string of the molecule is COc1ccc(C(C)NC(=O)Cc2csc(-c3cccc(C)c3)n2)cc1OC. The number of thiazole rings is 1. The smallest absolute Gasteiger partial charge is 0.226 e. The maximum Gasteiger partial charge on any atom is 0.226 e. The number of carbonyl (C=O) groups excluding carboxylic acids is 1. The molecule has 0 saturated heterocycles. The molecule has 0 bridgehead atoms. The number of rotatable bonds is 7. The zero-order valence-corrected chi connectivity index (χ0v) is 17.3. The summed E-state index contributed by atoms with van der Waals surface area (Å²) in [5.41, 5.74) is 3.99. The molecule has 1 aromatic heterocycles. The minimum absolute atomic E-state index is 0.0663. The summed E-state index contributed by atoms with van der Waals surface area (Å²) in [5, 5.41) is 5.89. The number of methoxy groups -OCH3 is 2. The van der Waals surface area contributed by atoms with Crippen LogP contribution in [0, 0.1) is 6.92 Å². The molecule has 1 atom stereocenters. The fourth-order valence-corrected chi connectivity index (χ4v) is 3.78. The van der Waals surface area contributed by atoms with Gasteiger partial charge >= 0.3 is 0 Å². The molecular formula is C22H24N2O3S. The summed E-state index contributed by atoms with van der Waals surface area (Å²) in [6.45, 7) is 4.00. The molecule has 1 N–H and O–H groups in total. The van der Waals surface area contributed by atoms with E-state index < -0.39 is 0 Å². The van der Waals surface area contributed by atoms with Crippen LogP contribution in [0.5, 0.6) is 11.5 Å². The minimum Gasteiger partial charge on any atom is -0.493 e. The van der Waals surface area contributed by atoms with Gasteiger partial charge in [0.05, 0.1) is 32.4 Å². The number of amides is 1. The van der Waals surface area contributed by atoms with Gasteiger partial charge in [-0.2, -0.15) is 0 Å². The van der Waals surface area contributed by atoms with Crippen molar-refractivity contribution < 1.29 is 14.3 Å². The molecule has 2 aromatic carbocycles. The van der Waals surface area contributed by atoms with E-state index in [0.29, 0.717) is 11.5 Å². The Morgan fingerprint density at radius 1 is 1.14 bits per heavy atom. The third-order valence-electron chi connectivity index (χ3n) is 4.44. The molecule has 1 unspecified atom stereocenters. The molecule has 1 heterocycles. The molecule has 28 heavy (non-hydrogen) atoms. The molecule has 0 spiro atoms. The Morgan fingerprint density at radius 3 is 2.64 bits per heavy atom. The van der Waals surface area contributed by atoms with E-state index in [1.165, 1.54) is 5.56 Å². The summed E-state index contributed by atoms with van der Waals surface area (Å²) in [5.74, 6) is 1.24. The third kappa shape index (κ3) is 4.70. The van der Waals surface area contributed by atoms with Crippen LogP contribution in [0.25, 0.3) is 10.6 Å². The van der Waals surface area contributed by atoms with Gasteiger partial charge in [-0.15, -0.1) is 11.3 Å². The Kier molecular flexibility index (Phi) is 6.31. The number of benzene rings is 2. The summed E-state index contributed by atoms with van der Waals surface area (Å²) in [4.78, 5) is 17.1. The van der Waals surface area contributed by atoms with Crippen LogP contribution >= 0.6 is 11.3 Å². The van der Waals surface area contributed by atoms with E-state index in [4.69, 9.17) is 9.47 Å². The third-order valence-corrected chi connectivity index (χ3v) is 5.38. The van der Waals surface area contributed by atoms with Crippen molar-refractivity contribution in [3.8, 4) is 22.1 Å². The van der Waals surface area contributed by atoms with Gasteiger partial charge in [0.1, 0.15) is 5.01 Å². The fraction of sp³-hybridized carbons (Fsp3) is 0.273. The number of hydrogen-bond acceptors (Lipinski definition) is 5. The van der Waals surface area contributed by atoms with E-state index in [1.54, 1.807) is 25.6 Å². The van der Waals surface area contributed by atoms with E-state index in [0.717, 1.165) is 21.8 Å². The first-order valence-electron chi connectivity index (χ1n) is 9.03. The van der Waals surface area contributed by atoms with Crippen molar-refractivity contribution in [2.24, 2.45) is 0 Å². The summed E-state index contributed by atoms with van der Waals surface area (Å²) in [6.07, 6.45) is 0.250. The highest BCUT2D eigenvalue weighted by atomic mass is 32.1. The highest BCUT2D eigenvalue weighted by Crippen LogP contribution is 2.30. The second-order valence-electron chi connectivity index (χ2n) is 6.59. The first kappa shape index (κ1) is 19.9. The van der Waals surface area contributed by atoms with Gasteiger partial charge in [-0.05, 0) is 37.6 Å². The Hall–Kier alpha value is -2.86. The Morgan fingerprint density at radius 2 is 1.93 bits per heavy atom. The van der Waals surface area contributed by atoms with E-state index in [9.17, 15) is 4.79 Å². The minimum atomic E-state index is -0.151. The number of nitrogens with one attached hydrogen (secondary N) is 1. The predicted octanol–water partition coefficient (Wildman–Crippen LogP) is 4.56. The van der Waals surface area contributed by atoms with Crippen LogP contribution in [-0.2, 0) is 11.2 Å². The fourth-order valence-electron chi connectivity index (χ4n) is 2.96. The summed E-state index contributed by atoms with van der Waals surface area (Å²) in [7, 11) is 3.19. The zero-order chi connectivity index (χ0) is 20.1. The van der Waals surface area contributed by atoms with Gasteiger partial charge in [-0.25, -0.2) is 4.98 Å². The quantitative estimate of drug-likeness (QED) is 0.636. The van der Waals surface area contributed by atoms with Gasteiger partial charge in [0.2, 0.25) is 5.91 Å². The standard InChI is InChI=1S/C22H24N2O3S/c1-14-6-5-7-17(10-14)22-24-18(13-28-22)12-21(25)23-15(2)16-8-9-19(26-3)20(11-16)27-4/h5-11,13,15H,12H2,1-4H3,(H,23,25). The van der Waals surface area contributed by atoms with Gasteiger partial charge in [0.15, 0.2) is 11.5 Å². The van der Waals surface area contributed by atoms with E-state index in [1.807, 2.05) is 42.6 Å². The number of carbonyl (C=O) groups is 1. The molecular weight excluding hydrogens is 372 g/mol. The summed E-state index contributed by atoms with van der Waals surface area (Å²) >= 11 is 1.56. The topological polar surface area (TPSA) is 60.5 Å². The molecule has 3 rings (SSSR count). The Balaban J connectivity index is 1.64. The van der Waals surface area contributed by atoms with Crippen molar-refractivity contribution in [3.63, 3.8) is 0 Å². The van der Waals surface area contributed by atoms with E-state index in [2.05, 4.69) is 29.4 Å². The molecule has 1 amide bonds. The lowest BCUT2D eigenvalue weighted by atomic mass is 10.1. The molecule has 6 heteroatoms. The lowest BCUT2D eigenvalue weighted by molar-refractivity contribution is -0.121. The van der Waals surface area contributed by atoms with Crippen molar-refractivity contribution >= 4 is 17.2 Å². The van der Waals surface area contributed by atoms with Crippen molar-refractivity contribution in [2.45, 2.75) is 26.3 Å². The van der Waals surface area contributed by atoms with Gasteiger partial charge < -0.3 is 14.8 Å². The lowest BCUT2D eigenvalue weighted by Gasteiger charge is -2.16. The number of aryl methyl sites for hydroxylation is 1. The van der Waals surface area contributed by atoms with Gasteiger partial charge in [-0.3, -0.25) is 4.79 Å². The molecule has 0 aliphatic carbocycles. The molecule has 0 aliphatic rings. The van der Waals surface area contributed by atoms with Gasteiger partial charge in [0, 0.05) is 10.9 Å². The lowest BCUT2D eigenvalue weighted by Crippen LogP contribution is -2.28. The average Bonchev–Trinajstić information content (AvgIpc) is 3.15. The number of nitrogens with zero attached hydrogens (tertiary/aromatic N) is 1. The maximum absolute atomic E-state index is 12.5. The second-order valence-corrected chi connectivity index (χ2v) is 7.45. The van der Waals surface area contributed by atoms with E-state index in [-0.39, 0.29) is 18.4 Å². The van der Waals surface area contributed by atoms with E-state index >= 15 is 0 Å². The van der Waals surface area contributed by atoms with Crippen LogP contribution in [0.1, 0.15) is 29.8 Å². The molecule has 0 fully saturated rings. The van der Waals surface area contributed by atoms with Gasteiger partial charge in [-0.1, -0.05) is 29.8 Å². The monoisotopic (exact) mass is 396 g/mol. The first-order valence-corrected chi connectivity index (χ1v) is 9.91. The highest BCUT2D eigenvalue weighted by Gasteiger charge is 2.14. The van der Waals surface area contributed by atoms with Crippen LogP contribution in [0.2, 0.25) is 0 Å². The van der Waals surface area contributed by atoms with Crippen molar-refractivity contribution in [1.29, 1.82) is 0 Å². The second kappa shape index (κ2) is 8.89. The maximum atomic E-state index is 12.5. The number of ether oxygens (including phenoxy) is 2. The summed E-state index contributed by atoms with van der Waals surface area (Å²) < 4.78 is 10.6. The predicted molar refractivity (Wildman–Crippen MR) is 112 cm³/mol. The number of hydrogen-bond donors (Lipinski definition) is 1. The molecule has 0 saturated carbocycles. The van der Waals surface area contributed by atoms with Crippen LogP contribution in [0.3, 0.4) is 0 Å². The molecule has 0 radical (unpaired) electrons. The molecule has 5 nitrogen and oxygen atoms in total.